The minimum absolute atomic E-state index is 0.0303. The lowest BCUT2D eigenvalue weighted by Gasteiger charge is -2.27. The Bertz CT molecular complexity index is 952. The number of likely N-dealkylation sites (tertiary alicyclic amines) is 1. The molecule has 30 heavy (non-hydrogen) atoms. The zero-order valence-corrected chi connectivity index (χ0v) is 18.6. The monoisotopic (exact) mass is 429 g/mol. The molecule has 6 nitrogen and oxygen atoms in total. The van der Waals surface area contributed by atoms with Gasteiger partial charge in [-0.05, 0) is 68.2 Å². The van der Waals surface area contributed by atoms with Gasteiger partial charge in [0.25, 0.3) is 5.91 Å². The van der Waals surface area contributed by atoms with E-state index in [1.807, 2.05) is 12.1 Å². The van der Waals surface area contributed by atoms with Crippen molar-refractivity contribution in [2.45, 2.75) is 39.3 Å². The zero-order valence-electron chi connectivity index (χ0n) is 17.8. The van der Waals surface area contributed by atoms with Crippen LogP contribution in [0, 0.1) is 0 Å². The quantitative estimate of drug-likeness (QED) is 0.698. The van der Waals surface area contributed by atoms with E-state index < -0.39 is 10.0 Å². The highest BCUT2D eigenvalue weighted by atomic mass is 32.2. The number of amides is 1. The number of hydrogen-bond acceptors (Lipinski definition) is 4. The predicted octanol–water partition coefficient (Wildman–Crippen LogP) is 3.39. The third-order valence-electron chi connectivity index (χ3n) is 5.68. The number of nitrogens with zero attached hydrogens (tertiary/aromatic N) is 2. The molecule has 0 radical (unpaired) electrons. The minimum Gasteiger partial charge on any atom is -0.348 e. The van der Waals surface area contributed by atoms with Gasteiger partial charge < -0.3 is 5.32 Å². The fourth-order valence-electron chi connectivity index (χ4n) is 3.70. The molecular weight excluding hydrogens is 398 g/mol. The first kappa shape index (κ1) is 22.3. The number of rotatable bonds is 8. The molecule has 1 aliphatic rings. The van der Waals surface area contributed by atoms with Gasteiger partial charge in [0.05, 0.1) is 11.4 Å². The summed E-state index contributed by atoms with van der Waals surface area (Å²) in [5.41, 5.74) is 3.43. The second kappa shape index (κ2) is 10.1. The minimum atomic E-state index is -3.32. The van der Waals surface area contributed by atoms with Crippen molar-refractivity contribution in [1.29, 1.82) is 0 Å². The molecule has 1 heterocycles. The number of carbonyl (C=O) groups is 1. The van der Waals surface area contributed by atoms with E-state index in [0.717, 1.165) is 25.2 Å². The van der Waals surface area contributed by atoms with Crippen LogP contribution in [-0.4, -0.2) is 45.1 Å². The molecular formula is C23H31N3O3S. The van der Waals surface area contributed by atoms with Gasteiger partial charge in [0.1, 0.15) is 0 Å². The van der Waals surface area contributed by atoms with E-state index in [1.54, 1.807) is 31.2 Å². The van der Waals surface area contributed by atoms with Crippen LogP contribution < -0.4 is 9.62 Å². The Labute approximate surface area is 179 Å². The molecule has 1 amide bonds. The van der Waals surface area contributed by atoms with Gasteiger partial charge in [-0.3, -0.25) is 14.0 Å². The molecule has 0 unspecified atom stereocenters. The molecule has 0 aliphatic carbocycles. The summed E-state index contributed by atoms with van der Waals surface area (Å²) in [6.45, 7) is 5.26. The van der Waals surface area contributed by atoms with Gasteiger partial charge in [0.15, 0.2) is 0 Å². The Balaban J connectivity index is 1.62. The SMILES string of the molecule is CCS(=O)(=O)N(C)c1ccc(C(=O)NCc2ccccc2CN2CCCCC2)cc1. The van der Waals surface area contributed by atoms with Gasteiger partial charge in [0.2, 0.25) is 10.0 Å². The molecule has 1 fully saturated rings. The number of anilines is 1. The molecule has 0 atom stereocenters. The zero-order chi connectivity index (χ0) is 21.6. The summed E-state index contributed by atoms with van der Waals surface area (Å²) in [6.07, 6.45) is 3.82. The first-order valence-electron chi connectivity index (χ1n) is 10.5. The van der Waals surface area contributed by atoms with Crippen molar-refractivity contribution in [3.8, 4) is 0 Å². The molecule has 2 aromatic rings. The molecule has 2 aromatic carbocycles. The van der Waals surface area contributed by atoms with Crippen LogP contribution in [0.1, 0.15) is 47.7 Å². The fourth-order valence-corrected chi connectivity index (χ4v) is 4.53. The average molecular weight is 430 g/mol. The maximum Gasteiger partial charge on any atom is 0.251 e. The maximum atomic E-state index is 12.6. The van der Waals surface area contributed by atoms with E-state index in [2.05, 4.69) is 22.3 Å². The van der Waals surface area contributed by atoms with Crippen LogP contribution in [-0.2, 0) is 23.1 Å². The molecule has 0 saturated carbocycles. The first-order valence-corrected chi connectivity index (χ1v) is 12.2. The largest absolute Gasteiger partial charge is 0.348 e. The summed E-state index contributed by atoms with van der Waals surface area (Å²) in [7, 11) is -1.80. The van der Waals surface area contributed by atoms with Gasteiger partial charge >= 0.3 is 0 Å². The smallest absolute Gasteiger partial charge is 0.251 e. The van der Waals surface area contributed by atoms with Gasteiger partial charge in [-0.25, -0.2) is 8.42 Å². The lowest BCUT2D eigenvalue weighted by molar-refractivity contribution is 0.0950. The summed E-state index contributed by atoms with van der Waals surface area (Å²) in [5, 5.41) is 2.99. The molecule has 0 spiro atoms. The summed E-state index contributed by atoms with van der Waals surface area (Å²) in [4.78, 5) is 15.1. The number of carbonyl (C=O) groups excluding carboxylic acids is 1. The number of nitrogens with one attached hydrogen (secondary N) is 1. The van der Waals surface area contributed by atoms with Crippen molar-refractivity contribution < 1.29 is 13.2 Å². The fraction of sp³-hybridized carbons (Fsp3) is 0.435. The molecule has 0 aromatic heterocycles. The Kier molecular flexibility index (Phi) is 7.50. The van der Waals surface area contributed by atoms with Crippen molar-refractivity contribution in [2.24, 2.45) is 0 Å². The van der Waals surface area contributed by atoms with Crippen molar-refractivity contribution in [3.05, 3.63) is 65.2 Å². The second-order valence-corrected chi connectivity index (χ2v) is 9.99. The number of sulfonamides is 1. The van der Waals surface area contributed by atoms with E-state index >= 15 is 0 Å². The second-order valence-electron chi connectivity index (χ2n) is 7.70. The molecule has 0 bridgehead atoms. The van der Waals surface area contributed by atoms with Gasteiger partial charge in [0, 0.05) is 25.7 Å². The van der Waals surface area contributed by atoms with E-state index in [1.165, 1.54) is 36.2 Å². The van der Waals surface area contributed by atoms with Crippen molar-refractivity contribution in [3.63, 3.8) is 0 Å². The standard InChI is InChI=1S/C23H31N3O3S/c1-3-30(28,29)25(2)22-13-11-19(12-14-22)23(27)24-17-20-9-5-6-10-21(20)18-26-15-7-4-8-16-26/h5-6,9-14H,3-4,7-8,15-18H2,1-2H3,(H,24,27). The van der Waals surface area contributed by atoms with Crippen molar-refractivity contribution in [2.75, 3.05) is 30.2 Å². The number of hydrogen-bond donors (Lipinski definition) is 1. The normalized spacial score (nSPS) is 15.0. The van der Waals surface area contributed by atoms with Crippen molar-refractivity contribution >= 4 is 21.6 Å². The van der Waals surface area contributed by atoms with Crippen LogP contribution in [0.5, 0.6) is 0 Å². The highest BCUT2D eigenvalue weighted by Crippen LogP contribution is 2.18. The number of benzene rings is 2. The Hall–Kier alpha value is -2.38. The maximum absolute atomic E-state index is 12.6. The van der Waals surface area contributed by atoms with Crippen molar-refractivity contribution in [1.82, 2.24) is 10.2 Å². The summed E-state index contributed by atoms with van der Waals surface area (Å²) in [6, 6.07) is 14.9. The lowest BCUT2D eigenvalue weighted by atomic mass is 10.0. The topological polar surface area (TPSA) is 69.7 Å². The van der Waals surface area contributed by atoms with Gasteiger partial charge in [-0.15, -0.1) is 0 Å². The lowest BCUT2D eigenvalue weighted by Crippen LogP contribution is -2.30. The van der Waals surface area contributed by atoms with Crippen LogP contribution in [0.15, 0.2) is 48.5 Å². The average Bonchev–Trinajstić information content (AvgIpc) is 2.78. The third kappa shape index (κ3) is 5.61. The number of piperidine rings is 1. The Morgan fingerprint density at radius 2 is 1.63 bits per heavy atom. The molecule has 1 N–H and O–H groups in total. The third-order valence-corrected chi connectivity index (χ3v) is 7.45. The predicted molar refractivity (Wildman–Crippen MR) is 121 cm³/mol. The first-order chi connectivity index (χ1) is 14.4. The van der Waals surface area contributed by atoms with Crippen LogP contribution in [0.25, 0.3) is 0 Å². The van der Waals surface area contributed by atoms with Crippen LogP contribution >= 0.6 is 0 Å². The van der Waals surface area contributed by atoms with Crippen LogP contribution in [0.3, 0.4) is 0 Å². The highest BCUT2D eigenvalue weighted by Gasteiger charge is 2.17. The molecule has 162 valence electrons. The van der Waals surface area contributed by atoms with E-state index in [-0.39, 0.29) is 11.7 Å². The molecule has 1 aliphatic heterocycles. The van der Waals surface area contributed by atoms with E-state index in [9.17, 15) is 13.2 Å². The van der Waals surface area contributed by atoms with E-state index in [0.29, 0.717) is 17.8 Å². The molecule has 3 rings (SSSR count). The Morgan fingerprint density at radius 3 is 2.27 bits per heavy atom. The summed E-state index contributed by atoms with van der Waals surface area (Å²) in [5.74, 6) is -0.141. The summed E-state index contributed by atoms with van der Waals surface area (Å²) >= 11 is 0. The van der Waals surface area contributed by atoms with Gasteiger partial charge in [-0.1, -0.05) is 30.7 Å². The van der Waals surface area contributed by atoms with Crippen LogP contribution in [0.2, 0.25) is 0 Å². The highest BCUT2D eigenvalue weighted by molar-refractivity contribution is 7.92. The molecule has 7 heteroatoms. The molecule has 1 saturated heterocycles. The van der Waals surface area contributed by atoms with E-state index in [4.69, 9.17) is 0 Å². The van der Waals surface area contributed by atoms with Crippen LogP contribution in [0.4, 0.5) is 5.69 Å². The Morgan fingerprint density at radius 1 is 1.00 bits per heavy atom. The van der Waals surface area contributed by atoms with Gasteiger partial charge in [-0.2, -0.15) is 0 Å². The summed E-state index contributed by atoms with van der Waals surface area (Å²) < 4.78 is 25.2.